The topological polar surface area (TPSA) is 41.1 Å². The van der Waals surface area contributed by atoms with Crippen molar-refractivity contribution in [1.29, 1.82) is 0 Å². The Balaban J connectivity index is 1.94. The van der Waals surface area contributed by atoms with E-state index in [1.165, 1.54) is 5.56 Å². The monoisotopic (exact) mass is 318 g/mol. The van der Waals surface area contributed by atoms with Gasteiger partial charge in [-0.05, 0) is 60.6 Å². The quantitative estimate of drug-likeness (QED) is 0.840. The predicted octanol–water partition coefficient (Wildman–Crippen LogP) is 4.03. The van der Waals surface area contributed by atoms with Crippen molar-refractivity contribution in [1.82, 2.24) is 5.32 Å². The van der Waals surface area contributed by atoms with Crippen molar-refractivity contribution in [2.45, 2.75) is 13.3 Å². The van der Waals surface area contributed by atoms with Gasteiger partial charge in [0.15, 0.2) is 5.11 Å². The second kappa shape index (κ2) is 7.20. The van der Waals surface area contributed by atoms with Crippen molar-refractivity contribution in [2.24, 2.45) is 0 Å². The first-order chi connectivity index (χ1) is 10.1. The molecular weight excluding hydrogens is 304 g/mol. The van der Waals surface area contributed by atoms with Crippen LogP contribution in [0.4, 0.5) is 5.69 Å². The molecular formula is C16H15ClN2OS. The van der Waals surface area contributed by atoms with Crippen LogP contribution in [0.5, 0.6) is 0 Å². The van der Waals surface area contributed by atoms with E-state index < -0.39 is 0 Å². The predicted molar refractivity (Wildman–Crippen MR) is 91.0 cm³/mol. The third-order valence-corrected chi connectivity index (χ3v) is 3.41. The molecule has 21 heavy (non-hydrogen) atoms. The molecule has 0 bridgehead atoms. The minimum absolute atomic E-state index is 0.263. The zero-order valence-electron chi connectivity index (χ0n) is 11.5. The van der Waals surface area contributed by atoms with Crippen LogP contribution in [0.3, 0.4) is 0 Å². The molecule has 2 aromatic rings. The molecule has 0 heterocycles. The van der Waals surface area contributed by atoms with E-state index in [0.29, 0.717) is 10.6 Å². The molecule has 0 unspecified atom stereocenters. The summed E-state index contributed by atoms with van der Waals surface area (Å²) >= 11 is 10.9. The summed E-state index contributed by atoms with van der Waals surface area (Å²) in [4.78, 5) is 12.0. The number of aryl methyl sites for hydroxylation is 1. The Morgan fingerprint density at radius 3 is 2.29 bits per heavy atom. The molecule has 0 saturated carbocycles. The summed E-state index contributed by atoms with van der Waals surface area (Å²) in [5.41, 5.74) is 2.59. The van der Waals surface area contributed by atoms with Crippen molar-refractivity contribution in [3.63, 3.8) is 0 Å². The Kier molecular flexibility index (Phi) is 5.31. The second-order valence-corrected chi connectivity index (χ2v) is 5.31. The Bertz CT molecular complexity index is 638. The number of amides is 1. The molecule has 2 aromatic carbocycles. The Labute approximate surface area is 134 Å². The lowest BCUT2D eigenvalue weighted by atomic mass is 10.1. The third-order valence-electron chi connectivity index (χ3n) is 2.95. The van der Waals surface area contributed by atoms with Gasteiger partial charge >= 0.3 is 0 Å². The fourth-order valence-electron chi connectivity index (χ4n) is 1.76. The lowest BCUT2D eigenvalue weighted by Gasteiger charge is -2.10. The van der Waals surface area contributed by atoms with Crippen molar-refractivity contribution in [3.8, 4) is 0 Å². The molecule has 1 amide bonds. The number of rotatable bonds is 3. The highest BCUT2D eigenvalue weighted by atomic mass is 35.5. The third kappa shape index (κ3) is 4.55. The van der Waals surface area contributed by atoms with E-state index in [1.54, 1.807) is 24.3 Å². The lowest BCUT2D eigenvalue weighted by Crippen LogP contribution is -2.34. The summed E-state index contributed by atoms with van der Waals surface area (Å²) in [6.07, 6.45) is 0.984. The second-order valence-electron chi connectivity index (χ2n) is 4.47. The fourth-order valence-corrected chi connectivity index (χ4v) is 2.10. The van der Waals surface area contributed by atoms with Crippen LogP contribution < -0.4 is 10.6 Å². The summed E-state index contributed by atoms with van der Waals surface area (Å²) in [6.45, 7) is 2.10. The van der Waals surface area contributed by atoms with Crippen LogP contribution in [0.2, 0.25) is 5.02 Å². The smallest absolute Gasteiger partial charge is 0.257 e. The summed E-state index contributed by atoms with van der Waals surface area (Å²) in [7, 11) is 0. The van der Waals surface area contributed by atoms with Gasteiger partial charge in [0, 0.05) is 16.3 Å². The summed E-state index contributed by atoms with van der Waals surface area (Å²) in [5.74, 6) is -0.269. The molecule has 0 radical (unpaired) electrons. The van der Waals surface area contributed by atoms with Gasteiger partial charge in [0.25, 0.3) is 5.91 Å². The standard InChI is InChI=1S/C16H15ClN2OS/c1-2-11-3-9-14(10-4-11)18-16(21)19-15(20)12-5-7-13(17)8-6-12/h3-10H,2H2,1H3,(H2,18,19,20,21). The summed E-state index contributed by atoms with van der Waals surface area (Å²) in [5, 5.41) is 6.46. The molecule has 0 aliphatic rings. The SMILES string of the molecule is CCc1ccc(NC(=S)NC(=O)c2ccc(Cl)cc2)cc1. The summed E-state index contributed by atoms with van der Waals surface area (Å²) < 4.78 is 0. The molecule has 0 aliphatic carbocycles. The molecule has 3 nitrogen and oxygen atoms in total. The van der Waals surface area contributed by atoms with Crippen molar-refractivity contribution < 1.29 is 4.79 Å². The number of nitrogens with one attached hydrogen (secondary N) is 2. The van der Waals surface area contributed by atoms with Crippen LogP contribution in [-0.4, -0.2) is 11.0 Å². The summed E-state index contributed by atoms with van der Waals surface area (Å²) in [6, 6.07) is 14.5. The van der Waals surface area contributed by atoms with Gasteiger partial charge in [-0.25, -0.2) is 0 Å². The molecule has 0 saturated heterocycles. The van der Waals surface area contributed by atoms with Crippen LogP contribution in [0.25, 0.3) is 0 Å². The molecule has 0 spiro atoms. The van der Waals surface area contributed by atoms with Crippen LogP contribution in [-0.2, 0) is 6.42 Å². The molecule has 108 valence electrons. The largest absolute Gasteiger partial charge is 0.332 e. The van der Waals surface area contributed by atoms with Crippen LogP contribution in [0.1, 0.15) is 22.8 Å². The maximum absolute atomic E-state index is 12.0. The molecule has 0 fully saturated rings. The highest BCUT2D eigenvalue weighted by Crippen LogP contribution is 2.11. The van der Waals surface area contributed by atoms with E-state index in [9.17, 15) is 4.79 Å². The van der Waals surface area contributed by atoms with E-state index in [-0.39, 0.29) is 11.0 Å². The Morgan fingerprint density at radius 2 is 1.71 bits per heavy atom. The van der Waals surface area contributed by atoms with E-state index in [2.05, 4.69) is 17.6 Å². The maximum Gasteiger partial charge on any atom is 0.257 e. The van der Waals surface area contributed by atoms with Gasteiger partial charge in [0.05, 0.1) is 0 Å². The highest BCUT2D eigenvalue weighted by molar-refractivity contribution is 7.80. The van der Waals surface area contributed by atoms with E-state index in [4.69, 9.17) is 23.8 Å². The van der Waals surface area contributed by atoms with Crippen molar-refractivity contribution >= 4 is 40.5 Å². The number of carbonyl (C=O) groups excluding carboxylic acids is 1. The van der Waals surface area contributed by atoms with Crippen molar-refractivity contribution in [2.75, 3.05) is 5.32 Å². The fraction of sp³-hybridized carbons (Fsp3) is 0.125. The average Bonchev–Trinajstić information content (AvgIpc) is 2.48. The normalized spacial score (nSPS) is 10.0. The Hall–Kier alpha value is -1.91. The van der Waals surface area contributed by atoms with E-state index >= 15 is 0 Å². The van der Waals surface area contributed by atoms with E-state index in [0.717, 1.165) is 12.1 Å². The molecule has 5 heteroatoms. The number of thiocarbonyl (C=S) groups is 1. The molecule has 2 rings (SSSR count). The first kappa shape index (κ1) is 15.5. The van der Waals surface area contributed by atoms with Crippen LogP contribution >= 0.6 is 23.8 Å². The molecule has 0 aliphatic heterocycles. The number of hydrogen-bond acceptors (Lipinski definition) is 2. The number of hydrogen-bond donors (Lipinski definition) is 2. The van der Waals surface area contributed by atoms with Gasteiger partial charge in [-0.3, -0.25) is 10.1 Å². The average molecular weight is 319 g/mol. The van der Waals surface area contributed by atoms with Gasteiger partial charge in [-0.1, -0.05) is 30.7 Å². The zero-order chi connectivity index (χ0) is 15.2. The van der Waals surface area contributed by atoms with E-state index in [1.807, 2.05) is 24.3 Å². The van der Waals surface area contributed by atoms with Gasteiger partial charge < -0.3 is 5.32 Å². The Morgan fingerprint density at radius 1 is 1.10 bits per heavy atom. The number of halogens is 1. The molecule has 0 aromatic heterocycles. The lowest BCUT2D eigenvalue weighted by molar-refractivity contribution is 0.0978. The van der Waals surface area contributed by atoms with Gasteiger partial charge in [-0.2, -0.15) is 0 Å². The zero-order valence-corrected chi connectivity index (χ0v) is 13.1. The van der Waals surface area contributed by atoms with Gasteiger partial charge in [0.1, 0.15) is 0 Å². The number of carbonyl (C=O) groups is 1. The molecule has 0 atom stereocenters. The van der Waals surface area contributed by atoms with Crippen molar-refractivity contribution in [3.05, 3.63) is 64.7 Å². The number of benzene rings is 2. The van der Waals surface area contributed by atoms with Crippen LogP contribution in [0.15, 0.2) is 48.5 Å². The first-order valence-corrected chi connectivity index (χ1v) is 7.34. The van der Waals surface area contributed by atoms with Gasteiger partial charge in [-0.15, -0.1) is 0 Å². The maximum atomic E-state index is 12.0. The molecule has 2 N–H and O–H groups in total. The highest BCUT2D eigenvalue weighted by Gasteiger charge is 2.07. The minimum atomic E-state index is -0.269. The number of anilines is 1. The first-order valence-electron chi connectivity index (χ1n) is 6.55. The van der Waals surface area contributed by atoms with Crippen LogP contribution in [0, 0.1) is 0 Å². The minimum Gasteiger partial charge on any atom is -0.332 e. The van der Waals surface area contributed by atoms with Gasteiger partial charge in [0.2, 0.25) is 0 Å².